The highest BCUT2D eigenvalue weighted by Crippen LogP contribution is 2.28. The number of hydrogen-bond acceptors (Lipinski definition) is 5. The maximum absolute atomic E-state index is 9.65. The van der Waals surface area contributed by atoms with Gasteiger partial charge in [-0.15, -0.1) is 0 Å². The molecule has 0 aliphatic rings. The van der Waals surface area contributed by atoms with Crippen molar-refractivity contribution in [2.75, 3.05) is 11.5 Å². The fraction of sp³-hybridized carbons (Fsp3) is 0.375. The van der Waals surface area contributed by atoms with Gasteiger partial charge in [-0.1, -0.05) is 11.6 Å². The second kappa shape index (κ2) is 4.84. The van der Waals surface area contributed by atoms with E-state index in [1.54, 1.807) is 0 Å². The van der Waals surface area contributed by atoms with Gasteiger partial charge in [0.2, 0.25) is 0 Å². The lowest BCUT2D eigenvalue weighted by atomic mass is 10.1. The Hall–Kier alpha value is -0.490. The molecule has 0 saturated heterocycles. The predicted molar refractivity (Wildman–Crippen MR) is 58.5 cm³/mol. The first-order valence-electron chi connectivity index (χ1n) is 3.94. The number of pyridine rings is 1. The number of aliphatic hydroxyl groups is 2. The van der Waals surface area contributed by atoms with Crippen LogP contribution in [-0.4, -0.2) is 27.1 Å². The van der Waals surface area contributed by atoms with Crippen molar-refractivity contribution in [3.63, 3.8) is 0 Å². The van der Waals surface area contributed by atoms with E-state index in [0.29, 0.717) is 5.69 Å². The normalized spacial score (nSPS) is 15.1. The maximum atomic E-state index is 9.65. The minimum atomic E-state index is -1.16. The molecule has 2 unspecified atom stereocenters. The van der Waals surface area contributed by atoms with Gasteiger partial charge in [-0.2, -0.15) is 12.6 Å². The molecule has 0 amide bonds. The van der Waals surface area contributed by atoms with Crippen LogP contribution in [0.3, 0.4) is 0 Å². The first kappa shape index (κ1) is 11.6. The van der Waals surface area contributed by atoms with E-state index in [1.807, 2.05) is 0 Å². The van der Waals surface area contributed by atoms with E-state index in [-0.39, 0.29) is 16.5 Å². The first-order valence-corrected chi connectivity index (χ1v) is 4.95. The average molecular weight is 235 g/mol. The first-order chi connectivity index (χ1) is 6.57. The summed E-state index contributed by atoms with van der Waals surface area (Å²) >= 11 is 9.60. The highest BCUT2D eigenvalue weighted by Gasteiger charge is 2.22. The zero-order chi connectivity index (χ0) is 10.7. The molecule has 4 N–H and O–H groups in total. The summed E-state index contributed by atoms with van der Waals surface area (Å²) in [6.45, 7) is 0. The molecule has 0 radical (unpaired) electrons. The lowest BCUT2D eigenvalue weighted by Crippen LogP contribution is -2.21. The van der Waals surface area contributed by atoms with Gasteiger partial charge in [0, 0.05) is 23.2 Å². The molecule has 0 saturated carbocycles. The van der Waals surface area contributed by atoms with E-state index in [9.17, 15) is 10.2 Å². The summed E-state index contributed by atoms with van der Waals surface area (Å²) in [4.78, 5) is 3.77. The number of thiol groups is 1. The molecule has 6 heteroatoms. The van der Waals surface area contributed by atoms with Crippen LogP contribution in [-0.2, 0) is 0 Å². The monoisotopic (exact) mass is 234 g/mol. The fourth-order valence-electron chi connectivity index (χ4n) is 1.05. The standard InChI is InChI=1S/C8H11ClN2O2S/c9-8-6(4(10)1-2-11-8)7(13)5(12)3-14/h1-2,5,7,12-14H,3H2,(H2,10,11). The third-order valence-electron chi connectivity index (χ3n) is 1.82. The smallest absolute Gasteiger partial charge is 0.136 e. The van der Waals surface area contributed by atoms with E-state index in [4.69, 9.17) is 17.3 Å². The molecular weight excluding hydrogens is 224 g/mol. The van der Waals surface area contributed by atoms with Crippen LogP contribution >= 0.6 is 24.2 Å². The predicted octanol–water partition coefficient (Wildman–Crippen LogP) is 0.641. The number of aliphatic hydroxyl groups excluding tert-OH is 2. The molecule has 0 fully saturated rings. The molecule has 0 aliphatic heterocycles. The van der Waals surface area contributed by atoms with Crippen LogP contribution in [0.5, 0.6) is 0 Å². The number of aromatic nitrogens is 1. The maximum Gasteiger partial charge on any atom is 0.136 e. The van der Waals surface area contributed by atoms with Crippen molar-refractivity contribution in [3.8, 4) is 0 Å². The molecular formula is C8H11ClN2O2S. The Balaban J connectivity index is 3.05. The van der Waals surface area contributed by atoms with Crippen molar-refractivity contribution in [1.82, 2.24) is 4.98 Å². The van der Waals surface area contributed by atoms with Gasteiger partial charge in [0.05, 0.1) is 6.10 Å². The minimum Gasteiger partial charge on any atom is -0.398 e. The number of rotatable bonds is 3. The second-order valence-electron chi connectivity index (χ2n) is 2.80. The van der Waals surface area contributed by atoms with Gasteiger partial charge < -0.3 is 15.9 Å². The summed E-state index contributed by atoms with van der Waals surface area (Å²) in [5.74, 6) is 0.117. The summed E-state index contributed by atoms with van der Waals surface area (Å²) in [5.41, 5.74) is 6.14. The highest BCUT2D eigenvalue weighted by atomic mass is 35.5. The van der Waals surface area contributed by atoms with Crippen molar-refractivity contribution < 1.29 is 10.2 Å². The Bertz CT molecular complexity index is 304. The Labute approximate surface area is 92.1 Å². The molecule has 0 spiro atoms. The van der Waals surface area contributed by atoms with Crippen LogP contribution in [0.25, 0.3) is 0 Å². The molecule has 1 aromatic rings. The van der Waals surface area contributed by atoms with Crippen LogP contribution in [0.2, 0.25) is 5.15 Å². The van der Waals surface area contributed by atoms with Crippen LogP contribution < -0.4 is 5.73 Å². The molecule has 4 nitrogen and oxygen atoms in total. The number of halogens is 1. The van der Waals surface area contributed by atoms with Crippen LogP contribution in [0.4, 0.5) is 5.69 Å². The zero-order valence-corrected chi connectivity index (χ0v) is 8.91. The Morgan fingerprint density at radius 3 is 2.71 bits per heavy atom. The van der Waals surface area contributed by atoms with Gasteiger partial charge in [0.1, 0.15) is 11.3 Å². The van der Waals surface area contributed by atoms with E-state index < -0.39 is 12.2 Å². The molecule has 1 aromatic heterocycles. The third-order valence-corrected chi connectivity index (χ3v) is 2.50. The zero-order valence-electron chi connectivity index (χ0n) is 7.26. The fourth-order valence-corrected chi connectivity index (χ4v) is 1.52. The number of nitrogens with two attached hydrogens (primary N) is 1. The van der Waals surface area contributed by atoms with Crippen molar-refractivity contribution in [3.05, 3.63) is 23.0 Å². The Morgan fingerprint density at radius 1 is 1.57 bits per heavy atom. The molecule has 0 aliphatic carbocycles. The van der Waals surface area contributed by atoms with Crippen molar-refractivity contribution in [2.45, 2.75) is 12.2 Å². The van der Waals surface area contributed by atoms with Crippen LogP contribution in [0.15, 0.2) is 12.3 Å². The Kier molecular flexibility index (Phi) is 4.00. The number of hydrogen-bond donors (Lipinski definition) is 4. The van der Waals surface area contributed by atoms with Gasteiger partial charge in [-0.3, -0.25) is 0 Å². The average Bonchev–Trinajstić information content (AvgIpc) is 2.16. The number of nitrogens with zero attached hydrogens (tertiary/aromatic N) is 1. The Morgan fingerprint density at radius 2 is 2.21 bits per heavy atom. The van der Waals surface area contributed by atoms with Gasteiger partial charge in [0.25, 0.3) is 0 Å². The van der Waals surface area contributed by atoms with Crippen molar-refractivity contribution in [1.29, 1.82) is 0 Å². The summed E-state index contributed by atoms with van der Waals surface area (Å²) in [5, 5.41) is 19.1. The van der Waals surface area contributed by atoms with Gasteiger partial charge >= 0.3 is 0 Å². The quantitative estimate of drug-likeness (QED) is 0.457. The van der Waals surface area contributed by atoms with Gasteiger partial charge in [-0.05, 0) is 6.07 Å². The van der Waals surface area contributed by atoms with E-state index in [1.165, 1.54) is 12.3 Å². The topological polar surface area (TPSA) is 79.4 Å². The largest absolute Gasteiger partial charge is 0.398 e. The molecule has 0 bridgehead atoms. The lowest BCUT2D eigenvalue weighted by molar-refractivity contribution is 0.0341. The van der Waals surface area contributed by atoms with Crippen LogP contribution in [0, 0.1) is 0 Å². The molecule has 2 atom stereocenters. The molecule has 0 aromatic carbocycles. The number of nitrogen functional groups attached to an aromatic ring is 1. The lowest BCUT2D eigenvalue weighted by Gasteiger charge is -2.18. The molecule has 1 rings (SSSR count). The molecule has 1 heterocycles. The molecule has 14 heavy (non-hydrogen) atoms. The van der Waals surface area contributed by atoms with Crippen molar-refractivity contribution in [2.24, 2.45) is 0 Å². The minimum absolute atomic E-state index is 0.0957. The van der Waals surface area contributed by atoms with Gasteiger partial charge in [0.15, 0.2) is 0 Å². The summed E-state index contributed by atoms with van der Waals surface area (Å²) in [6, 6.07) is 1.51. The van der Waals surface area contributed by atoms with Gasteiger partial charge in [-0.25, -0.2) is 4.98 Å². The third kappa shape index (κ3) is 2.30. The second-order valence-corrected chi connectivity index (χ2v) is 3.52. The number of anilines is 1. The van der Waals surface area contributed by atoms with E-state index >= 15 is 0 Å². The highest BCUT2D eigenvalue weighted by molar-refractivity contribution is 7.80. The summed E-state index contributed by atoms with van der Waals surface area (Å²) in [7, 11) is 0. The van der Waals surface area contributed by atoms with E-state index in [2.05, 4.69) is 17.6 Å². The van der Waals surface area contributed by atoms with Crippen molar-refractivity contribution >= 4 is 29.9 Å². The SMILES string of the molecule is Nc1ccnc(Cl)c1C(O)C(O)CS. The molecule has 78 valence electrons. The summed E-state index contributed by atoms with van der Waals surface area (Å²) in [6.07, 6.45) is -0.739. The summed E-state index contributed by atoms with van der Waals surface area (Å²) < 4.78 is 0. The van der Waals surface area contributed by atoms with Crippen LogP contribution in [0.1, 0.15) is 11.7 Å². The van der Waals surface area contributed by atoms with E-state index in [0.717, 1.165) is 0 Å².